The average molecular weight is 270 g/mol. The number of nitrogens with zero attached hydrogens (tertiary/aromatic N) is 2. The second-order valence-corrected chi connectivity index (χ2v) is 5.87. The van der Waals surface area contributed by atoms with Gasteiger partial charge in [0.05, 0.1) is 12.8 Å². The fourth-order valence-corrected chi connectivity index (χ4v) is 3.98. The van der Waals surface area contributed by atoms with Crippen LogP contribution in [0.15, 0.2) is 30.5 Å². The van der Waals surface area contributed by atoms with Gasteiger partial charge in [-0.3, -0.25) is 4.40 Å². The van der Waals surface area contributed by atoms with Crippen LogP contribution in [0.1, 0.15) is 17.0 Å². The molecule has 1 aromatic carbocycles. The Kier molecular flexibility index (Phi) is 2.38. The highest BCUT2D eigenvalue weighted by Gasteiger charge is 2.20. The topological polar surface area (TPSA) is 26.5 Å². The van der Waals surface area contributed by atoms with Crippen molar-refractivity contribution in [3.05, 3.63) is 41.0 Å². The normalized spacial score (nSPS) is 13.9. The average Bonchev–Trinajstić information content (AvgIpc) is 3.09. The molecule has 0 N–H and O–H groups in total. The molecular weight excluding hydrogens is 256 g/mol. The number of thiazole rings is 1. The van der Waals surface area contributed by atoms with Crippen molar-refractivity contribution < 1.29 is 4.74 Å². The van der Waals surface area contributed by atoms with Gasteiger partial charge in [-0.15, -0.1) is 11.3 Å². The lowest BCUT2D eigenvalue weighted by Gasteiger charge is -2.04. The fourth-order valence-electron chi connectivity index (χ4n) is 2.79. The summed E-state index contributed by atoms with van der Waals surface area (Å²) in [5.41, 5.74) is 3.51. The Morgan fingerprint density at radius 2 is 2.16 bits per heavy atom. The predicted octanol–water partition coefficient (Wildman–Crippen LogP) is 3.56. The van der Waals surface area contributed by atoms with Gasteiger partial charge in [0.2, 0.25) is 0 Å². The van der Waals surface area contributed by atoms with Crippen LogP contribution in [0.5, 0.6) is 5.75 Å². The number of aryl methyl sites for hydroxylation is 2. The van der Waals surface area contributed by atoms with Gasteiger partial charge >= 0.3 is 0 Å². The van der Waals surface area contributed by atoms with Crippen molar-refractivity contribution in [2.45, 2.75) is 19.3 Å². The van der Waals surface area contributed by atoms with Crippen molar-refractivity contribution >= 4 is 16.3 Å². The SMILES string of the molecule is COc1ccccc1-c1cn2c3c(sc2n1)CCC3. The second kappa shape index (κ2) is 4.10. The van der Waals surface area contributed by atoms with Crippen LogP contribution in [0.25, 0.3) is 16.2 Å². The largest absolute Gasteiger partial charge is 0.496 e. The Morgan fingerprint density at radius 1 is 1.26 bits per heavy atom. The van der Waals surface area contributed by atoms with Gasteiger partial charge in [0, 0.05) is 22.3 Å². The minimum absolute atomic E-state index is 0.880. The number of ether oxygens (including phenoxy) is 1. The maximum atomic E-state index is 5.42. The van der Waals surface area contributed by atoms with Crippen molar-refractivity contribution in [3.8, 4) is 17.0 Å². The Bertz CT molecular complexity index is 757. The molecule has 0 unspecified atom stereocenters. The van der Waals surface area contributed by atoms with E-state index in [-0.39, 0.29) is 0 Å². The second-order valence-electron chi connectivity index (χ2n) is 4.80. The Balaban J connectivity index is 1.90. The van der Waals surface area contributed by atoms with Crippen molar-refractivity contribution in [1.29, 1.82) is 0 Å². The molecule has 0 saturated carbocycles. The summed E-state index contributed by atoms with van der Waals surface area (Å²) in [5, 5.41) is 0. The van der Waals surface area contributed by atoms with Crippen LogP contribution >= 0.6 is 11.3 Å². The first-order valence-corrected chi connectivity index (χ1v) is 7.31. The summed E-state index contributed by atoms with van der Waals surface area (Å²) in [6.45, 7) is 0. The molecule has 1 aliphatic carbocycles. The van der Waals surface area contributed by atoms with E-state index < -0.39 is 0 Å². The zero-order valence-electron chi connectivity index (χ0n) is 10.7. The van der Waals surface area contributed by atoms with Gasteiger partial charge in [-0.2, -0.15) is 0 Å². The monoisotopic (exact) mass is 270 g/mol. The Labute approximate surface area is 115 Å². The highest BCUT2D eigenvalue weighted by molar-refractivity contribution is 7.17. The Hall–Kier alpha value is -1.81. The maximum Gasteiger partial charge on any atom is 0.194 e. The van der Waals surface area contributed by atoms with Crippen molar-refractivity contribution in [2.75, 3.05) is 7.11 Å². The quantitative estimate of drug-likeness (QED) is 0.712. The summed E-state index contributed by atoms with van der Waals surface area (Å²) in [5.74, 6) is 0.880. The summed E-state index contributed by atoms with van der Waals surface area (Å²) in [4.78, 5) is 7.37. The van der Waals surface area contributed by atoms with E-state index >= 15 is 0 Å². The van der Waals surface area contributed by atoms with Crippen molar-refractivity contribution in [1.82, 2.24) is 9.38 Å². The van der Waals surface area contributed by atoms with Crippen molar-refractivity contribution in [3.63, 3.8) is 0 Å². The Morgan fingerprint density at radius 3 is 3.05 bits per heavy atom. The first kappa shape index (κ1) is 11.1. The highest BCUT2D eigenvalue weighted by atomic mass is 32.1. The first-order valence-electron chi connectivity index (χ1n) is 6.50. The number of methoxy groups -OCH3 is 1. The van der Waals surface area contributed by atoms with Gasteiger partial charge < -0.3 is 4.74 Å². The molecule has 2 aromatic heterocycles. The number of fused-ring (bicyclic) bond motifs is 3. The lowest BCUT2D eigenvalue weighted by Crippen LogP contribution is -1.88. The minimum atomic E-state index is 0.880. The summed E-state index contributed by atoms with van der Waals surface area (Å²) in [6.07, 6.45) is 5.82. The number of imidazole rings is 1. The van der Waals surface area contributed by atoms with E-state index in [9.17, 15) is 0 Å². The van der Waals surface area contributed by atoms with Crippen LogP contribution in [-0.2, 0) is 12.8 Å². The van der Waals surface area contributed by atoms with Crippen LogP contribution < -0.4 is 4.74 Å². The lowest BCUT2D eigenvalue weighted by molar-refractivity contribution is 0.416. The highest BCUT2D eigenvalue weighted by Crippen LogP contribution is 2.35. The van der Waals surface area contributed by atoms with E-state index in [2.05, 4.69) is 16.7 Å². The maximum absolute atomic E-state index is 5.42. The van der Waals surface area contributed by atoms with E-state index in [1.54, 1.807) is 7.11 Å². The van der Waals surface area contributed by atoms with E-state index in [4.69, 9.17) is 9.72 Å². The van der Waals surface area contributed by atoms with Gasteiger partial charge in [0.25, 0.3) is 0 Å². The third-order valence-electron chi connectivity index (χ3n) is 3.70. The van der Waals surface area contributed by atoms with Gasteiger partial charge in [0.1, 0.15) is 5.75 Å². The number of rotatable bonds is 2. The molecule has 4 heteroatoms. The molecule has 19 heavy (non-hydrogen) atoms. The van der Waals surface area contributed by atoms with Gasteiger partial charge in [-0.1, -0.05) is 12.1 Å². The molecule has 0 amide bonds. The van der Waals surface area contributed by atoms with Crippen LogP contribution in [0.2, 0.25) is 0 Å². The van der Waals surface area contributed by atoms with Crippen molar-refractivity contribution in [2.24, 2.45) is 0 Å². The first-order chi connectivity index (χ1) is 9.36. The fraction of sp³-hybridized carbons (Fsp3) is 0.267. The predicted molar refractivity (Wildman–Crippen MR) is 77.1 cm³/mol. The molecule has 4 rings (SSSR count). The molecule has 0 radical (unpaired) electrons. The summed E-state index contributed by atoms with van der Waals surface area (Å²) < 4.78 is 7.68. The van der Waals surface area contributed by atoms with Crippen LogP contribution in [0.4, 0.5) is 0 Å². The third kappa shape index (κ3) is 1.60. The van der Waals surface area contributed by atoms with E-state index in [1.807, 2.05) is 29.5 Å². The number of para-hydroxylation sites is 1. The summed E-state index contributed by atoms with van der Waals surface area (Å²) >= 11 is 1.83. The number of hydrogen-bond donors (Lipinski definition) is 0. The molecular formula is C15H14N2OS. The molecule has 0 atom stereocenters. The van der Waals surface area contributed by atoms with E-state index in [0.29, 0.717) is 0 Å². The van der Waals surface area contributed by atoms with Gasteiger partial charge in [-0.25, -0.2) is 4.98 Å². The lowest BCUT2D eigenvalue weighted by atomic mass is 10.1. The summed E-state index contributed by atoms with van der Waals surface area (Å²) in [7, 11) is 1.70. The van der Waals surface area contributed by atoms with E-state index in [1.165, 1.54) is 29.8 Å². The molecule has 3 nitrogen and oxygen atoms in total. The van der Waals surface area contributed by atoms with E-state index in [0.717, 1.165) is 22.0 Å². The van der Waals surface area contributed by atoms with Crippen LogP contribution in [0.3, 0.4) is 0 Å². The van der Waals surface area contributed by atoms with Gasteiger partial charge in [0.15, 0.2) is 4.96 Å². The summed E-state index contributed by atoms with van der Waals surface area (Å²) in [6, 6.07) is 8.05. The number of benzene rings is 1. The molecule has 0 aliphatic heterocycles. The number of aromatic nitrogens is 2. The third-order valence-corrected chi connectivity index (χ3v) is 4.86. The molecule has 0 saturated heterocycles. The number of hydrogen-bond acceptors (Lipinski definition) is 3. The molecule has 0 bridgehead atoms. The zero-order chi connectivity index (χ0) is 12.8. The molecule has 96 valence electrons. The molecule has 3 aromatic rings. The zero-order valence-corrected chi connectivity index (χ0v) is 11.5. The minimum Gasteiger partial charge on any atom is -0.496 e. The molecule has 2 heterocycles. The smallest absolute Gasteiger partial charge is 0.194 e. The van der Waals surface area contributed by atoms with Gasteiger partial charge in [-0.05, 0) is 31.4 Å². The van der Waals surface area contributed by atoms with Crippen LogP contribution in [0, 0.1) is 0 Å². The standard InChI is InChI=1S/C15H14N2OS/c1-18-13-7-3-2-5-10(13)11-9-17-12-6-4-8-14(12)19-15(17)16-11/h2-3,5,7,9H,4,6,8H2,1H3. The molecule has 0 spiro atoms. The molecule has 0 fully saturated rings. The van der Waals surface area contributed by atoms with Crippen LogP contribution in [-0.4, -0.2) is 16.5 Å². The molecule has 1 aliphatic rings.